The lowest BCUT2D eigenvalue weighted by Crippen LogP contribution is -2.32. The van der Waals surface area contributed by atoms with Crippen LogP contribution in [0, 0.1) is 0 Å². The summed E-state index contributed by atoms with van der Waals surface area (Å²) in [6.07, 6.45) is 23.0. The van der Waals surface area contributed by atoms with Crippen molar-refractivity contribution in [1.82, 2.24) is 10.6 Å². The number of benzene rings is 2. The first kappa shape index (κ1) is 67.9. The Morgan fingerprint density at radius 2 is 0.761 bits per heavy atom. The van der Waals surface area contributed by atoms with Gasteiger partial charge in [-0.1, -0.05) is 203 Å². The number of rotatable bonds is 46. The summed E-state index contributed by atoms with van der Waals surface area (Å²) in [6, 6.07) is 19.4. The summed E-state index contributed by atoms with van der Waals surface area (Å²) in [5, 5.41) is 6.35. The maximum Gasteiger partial charge on any atom is 0.472 e. The molecule has 3 N–H and O–H groups in total. The molecule has 0 aromatic heterocycles. The molecule has 2 aromatic carbocycles. The molecule has 2 rings (SSSR count). The van der Waals surface area contributed by atoms with Gasteiger partial charge in [0, 0.05) is 39.0 Å². The van der Waals surface area contributed by atoms with Gasteiger partial charge in [0.1, 0.15) is 13.2 Å². The van der Waals surface area contributed by atoms with Gasteiger partial charge in [-0.05, 0) is 24.0 Å². The largest absolute Gasteiger partial charge is 0.472 e. The predicted molar refractivity (Wildman–Crippen MR) is 286 cm³/mol. The quantitative estimate of drug-likeness (QED) is 0.0246. The van der Waals surface area contributed by atoms with E-state index >= 15 is 0 Å². The molecule has 0 spiro atoms. The van der Waals surface area contributed by atoms with Crippen LogP contribution in [0.5, 0.6) is 0 Å². The van der Waals surface area contributed by atoms with Gasteiger partial charge in [-0.25, -0.2) is 4.57 Å². The molecule has 0 aliphatic rings. The van der Waals surface area contributed by atoms with E-state index < -0.39 is 63.7 Å². The minimum atomic E-state index is -4.87. The van der Waals surface area contributed by atoms with E-state index in [1.807, 2.05) is 60.7 Å². The number of nitrogens with one attached hydrogen (secondary N) is 2. The second-order valence-electron chi connectivity index (χ2n) is 18.0. The van der Waals surface area contributed by atoms with Crippen LogP contribution in [-0.2, 0) is 64.8 Å². The molecule has 0 bridgehead atoms. The average molecular weight is 1060 g/mol. The zero-order valence-corrected chi connectivity index (χ0v) is 45.7. The average Bonchev–Trinajstić information content (AvgIpc) is 3.35. The molecule has 2 aromatic rings. The van der Waals surface area contributed by atoms with Crippen LogP contribution in [0.1, 0.15) is 192 Å². The molecule has 0 radical (unpaired) electrons. The zero-order chi connectivity index (χ0) is 49.9. The van der Waals surface area contributed by atoms with Crippen molar-refractivity contribution in [3.8, 4) is 0 Å². The number of halogens is 2. The molecule has 0 saturated heterocycles. The highest BCUT2D eigenvalue weighted by Crippen LogP contribution is 2.43. The number of carbonyl (C=O) groups excluding carboxylic acids is 4. The Kier molecular flexibility index (Phi) is 44.7. The van der Waals surface area contributed by atoms with E-state index in [0.717, 1.165) is 49.7 Å². The Morgan fingerprint density at radius 1 is 0.451 bits per heavy atom. The van der Waals surface area contributed by atoms with Gasteiger partial charge in [-0.15, -0.1) is 24.8 Å². The smallest absolute Gasteiger partial charge is 0.462 e. The lowest BCUT2D eigenvalue weighted by Gasteiger charge is -2.22. The molecule has 3 unspecified atom stereocenters. The number of esters is 4. The first-order valence-corrected chi connectivity index (χ1v) is 27.9. The van der Waals surface area contributed by atoms with E-state index in [4.69, 9.17) is 28.0 Å². The summed E-state index contributed by atoms with van der Waals surface area (Å²) < 4.78 is 45.7. The van der Waals surface area contributed by atoms with Gasteiger partial charge in [0.2, 0.25) is 0 Å². The molecule has 14 nitrogen and oxygen atoms in total. The van der Waals surface area contributed by atoms with Crippen molar-refractivity contribution in [3.05, 3.63) is 71.8 Å². The molecule has 408 valence electrons. The van der Waals surface area contributed by atoms with Gasteiger partial charge in [0.05, 0.1) is 26.1 Å². The monoisotopic (exact) mass is 1060 g/mol. The molecule has 0 aliphatic heterocycles. The molecule has 0 aliphatic carbocycles. The van der Waals surface area contributed by atoms with Crippen molar-refractivity contribution < 1.29 is 56.6 Å². The highest BCUT2D eigenvalue weighted by Gasteiger charge is 2.29. The van der Waals surface area contributed by atoms with Crippen molar-refractivity contribution in [1.29, 1.82) is 0 Å². The molecular weight excluding hydrogens is 970 g/mol. The lowest BCUT2D eigenvalue weighted by molar-refractivity contribution is -0.162. The minimum absolute atomic E-state index is 0. The van der Waals surface area contributed by atoms with Crippen LogP contribution < -0.4 is 10.6 Å². The van der Waals surface area contributed by atoms with Gasteiger partial charge < -0.3 is 34.5 Å². The van der Waals surface area contributed by atoms with Crippen LogP contribution in [0.2, 0.25) is 0 Å². The number of phosphoric acid groups is 1. The Balaban J connectivity index is 0.0000245. The second kappa shape index (κ2) is 46.7. The van der Waals surface area contributed by atoms with Crippen LogP contribution in [0.3, 0.4) is 0 Å². The van der Waals surface area contributed by atoms with Crippen LogP contribution in [0.15, 0.2) is 60.7 Å². The molecule has 0 fully saturated rings. The first-order valence-electron chi connectivity index (χ1n) is 26.4. The minimum Gasteiger partial charge on any atom is -0.462 e. The van der Waals surface area contributed by atoms with Crippen molar-refractivity contribution in [2.45, 2.75) is 206 Å². The van der Waals surface area contributed by atoms with Gasteiger partial charge in [-0.2, -0.15) is 0 Å². The number of ether oxygens (including phenoxy) is 4. The van der Waals surface area contributed by atoms with Gasteiger partial charge in [0.25, 0.3) is 0 Å². The summed E-state index contributed by atoms with van der Waals surface area (Å²) in [5.74, 6) is -2.20. The second-order valence-corrected chi connectivity index (χ2v) is 19.5. The van der Waals surface area contributed by atoms with Crippen LogP contribution in [0.4, 0.5) is 0 Å². The third-order valence-corrected chi connectivity index (χ3v) is 12.6. The fourth-order valence-electron chi connectivity index (χ4n) is 7.54. The Morgan fingerprint density at radius 3 is 1.14 bits per heavy atom. The highest BCUT2D eigenvalue weighted by atomic mass is 35.5. The van der Waals surface area contributed by atoms with Gasteiger partial charge in [0.15, 0.2) is 12.2 Å². The lowest BCUT2D eigenvalue weighted by atomic mass is 10.1. The van der Waals surface area contributed by atoms with Crippen molar-refractivity contribution in [3.63, 3.8) is 0 Å². The SMILES string of the molecule is CCCCCCCCCCCCCC(=O)OCC(COP(=O)(O)OCC(COC(=O)CCNCc1ccccc1)OC(=O)CCNCc1ccccc1)OC(=O)CCCCCCCCCCCCC.Cl.Cl. The maximum atomic E-state index is 13.2. The van der Waals surface area contributed by atoms with E-state index in [0.29, 0.717) is 39.0 Å². The molecule has 3 atom stereocenters. The molecule has 0 amide bonds. The van der Waals surface area contributed by atoms with Crippen LogP contribution >= 0.6 is 32.6 Å². The van der Waals surface area contributed by atoms with E-state index in [1.165, 1.54) is 89.9 Å². The number of phosphoric ester groups is 1. The number of unbranched alkanes of at least 4 members (excludes halogenated alkanes) is 20. The van der Waals surface area contributed by atoms with E-state index in [1.54, 1.807) is 0 Å². The summed E-state index contributed by atoms with van der Waals surface area (Å²) in [4.78, 5) is 61.9. The van der Waals surface area contributed by atoms with Crippen molar-refractivity contribution in [2.75, 3.05) is 39.5 Å². The zero-order valence-electron chi connectivity index (χ0n) is 43.2. The molecule has 0 heterocycles. The molecule has 71 heavy (non-hydrogen) atoms. The molecule has 0 saturated carbocycles. The standard InChI is InChI=1S/C54H89N2O12P.2ClH/c1-3-5-7-9-11-13-15-17-19-21-29-35-51(57)63-43-49(67-53(59)36-30-22-20-18-16-14-12-10-8-6-4-2)45-65-69(61,62)66-46-50(68-54(60)38-40-56-42-48-33-27-24-28-34-48)44-64-52(58)37-39-55-41-47-31-25-23-26-32-47;;/h23-28,31-34,49-50,55-56H,3-22,29-30,35-46H2,1-2H3,(H,61,62);2*1H. The Labute approximate surface area is 439 Å². The van der Waals surface area contributed by atoms with Gasteiger partial charge in [-0.3, -0.25) is 28.2 Å². The summed E-state index contributed by atoms with van der Waals surface area (Å²) in [7, 11) is -4.87. The molecule has 17 heteroatoms. The predicted octanol–water partition coefficient (Wildman–Crippen LogP) is 12.6. The Bertz CT molecular complexity index is 1650. The highest BCUT2D eigenvalue weighted by molar-refractivity contribution is 7.47. The van der Waals surface area contributed by atoms with Crippen molar-refractivity contribution >= 4 is 56.5 Å². The van der Waals surface area contributed by atoms with Crippen LogP contribution in [-0.4, -0.2) is 80.5 Å². The fraction of sp³-hybridized carbons (Fsp3) is 0.704. The van der Waals surface area contributed by atoms with E-state index in [9.17, 15) is 28.6 Å². The Hall–Kier alpha value is -3.07. The fourth-order valence-corrected chi connectivity index (χ4v) is 8.32. The summed E-state index contributed by atoms with van der Waals surface area (Å²) in [5.41, 5.74) is 2.10. The first-order chi connectivity index (χ1) is 33.6. The summed E-state index contributed by atoms with van der Waals surface area (Å²) >= 11 is 0. The number of carbonyl (C=O) groups is 4. The topological polar surface area (TPSA) is 185 Å². The number of hydrogen-bond acceptors (Lipinski definition) is 13. The maximum absolute atomic E-state index is 13.2. The molecular formula is C54H91Cl2N2O12P. The van der Waals surface area contributed by atoms with Crippen LogP contribution in [0.25, 0.3) is 0 Å². The number of hydrogen-bond donors (Lipinski definition) is 3. The normalized spacial score (nSPS) is 12.7. The third kappa shape index (κ3) is 41.0. The third-order valence-electron chi connectivity index (χ3n) is 11.6. The van der Waals surface area contributed by atoms with Crippen molar-refractivity contribution in [2.24, 2.45) is 0 Å². The summed E-state index contributed by atoms with van der Waals surface area (Å²) in [6.45, 7) is 4.11. The van der Waals surface area contributed by atoms with E-state index in [2.05, 4.69) is 24.5 Å². The van der Waals surface area contributed by atoms with Gasteiger partial charge >= 0.3 is 31.7 Å². The van der Waals surface area contributed by atoms with E-state index in [-0.39, 0.29) is 57.1 Å².